The lowest BCUT2D eigenvalue weighted by Gasteiger charge is -2.04. The fourth-order valence-electron chi connectivity index (χ4n) is 2.48. The zero-order valence-corrected chi connectivity index (χ0v) is 14.8. The first kappa shape index (κ1) is 17.5. The van der Waals surface area contributed by atoms with Crippen molar-refractivity contribution < 1.29 is 23.4 Å². The number of carbonyl (C=O) groups is 1. The molecule has 0 aliphatic rings. The number of benzene rings is 2. The number of hydrogen-bond acceptors (Lipinski definition) is 6. The van der Waals surface area contributed by atoms with Crippen LogP contribution in [0.4, 0.5) is 0 Å². The number of hydrogen-bond donors (Lipinski definition) is 0. The van der Waals surface area contributed by atoms with Gasteiger partial charge >= 0.3 is 11.9 Å². The number of methoxy groups -OCH3 is 2. The maximum atomic E-state index is 12.1. The molecule has 3 aromatic rings. The Bertz CT molecular complexity index is 817. The number of nitrogens with zero attached hydrogens (tertiary/aromatic N) is 1. The van der Waals surface area contributed by atoms with Crippen molar-refractivity contribution in [2.75, 3.05) is 20.8 Å². The van der Waals surface area contributed by atoms with Crippen LogP contribution in [0.15, 0.2) is 52.9 Å². The molecule has 0 N–H and O–H groups in total. The molecule has 0 saturated heterocycles. The summed E-state index contributed by atoms with van der Waals surface area (Å²) in [4.78, 5) is 16.4. The molecule has 0 atom stereocenters. The van der Waals surface area contributed by atoms with Gasteiger partial charge in [0.15, 0.2) is 5.76 Å². The molecule has 0 saturated carbocycles. The minimum absolute atomic E-state index is 0.0801. The van der Waals surface area contributed by atoms with Crippen LogP contribution in [0.2, 0.25) is 0 Å². The average Bonchev–Trinajstić information content (AvgIpc) is 3.14. The Morgan fingerprint density at radius 2 is 1.46 bits per heavy atom. The Morgan fingerprint density at radius 1 is 0.923 bits per heavy atom. The van der Waals surface area contributed by atoms with E-state index >= 15 is 0 Å². The van der Waals surface area contributed by atoms with Crippen LogP contribution in [-0.2, 0) is 4.74 Å². The van der Waals surface area contributed by atoms with Gasteiger partial charge in [-0.25, -0.2) is 9.78 Å². The summed E-state index contributed by atoms with van der Waals surface area (Å²) in [6, 6.07) is 14.7. The number of aromatic nitrogens is 1. The summed E-state index contributed by atoms with van der Waals surface area (Å²) in [5, 5.41) is 0. The Morgan fingerprint density at radius 3 is 1.96 bits per heavy atom. The highest BCUT2D eigenvalue weighted by molar-refractivity contribution is 5.88. The van der Waals surface area contributed by atoms with Gasteiger partial charge in [-0.1, -0.05) is 0 Å². The van der Waals surface area contributed by atoms with E-state index in [9.17, 15) is 4.79 Å². The third-order valence-electron chi connectivity index (χ3n) is 3.79. The molecule has 134 valence electrons. The highest BCUT2D eigenvalue weighted by atomic mass is 16.5. The van der Waals surface area contributed by atoms with E-state index in [1.807, 2.05) is 48.5 Å². The molecule has 0 fully saturated rings. The van der Waals surface area contributed by atoms with Crippen LogP contribution in [0, 0.1) is 0 Å². The third kappa shape index (κ3) is 3.54. The van der Waals surface area contributed by atoms with Crippen molar-refractivity contribution in [3.05, 3.63) is 54.4 Å². The lowest BCUT2D eigenvalue weighted by atomic mass is 10.1. The van der Waals surface area contributed by atoms with Gasteiger partial charge in [0.05, 0.1) is 20.8 Å². The number of oxazole rings is 1. The lowest BCUT2D eigenvalue weighted by Crippen LogP contribution is -2.04. The van der Waals surface area contributed by atoms with E-state index in [0.717, 1.165) is 22.6 Å². The summed E-state index contributed by atoms with van der Waals surface area (Å²) < 4.78 is 21.1. The molecule has 0 amide bonds. The van der Waals surface area contributed by atoms with E-state index in [-0.39, 0.29) is 12.5 Å². The molecule has 1 heterocycles. The fourth-order valence-corrected chi connectivity index (χ4v) is 2.48. The minimum atomic E-state index is -0.595. The Kier molecular flexibility index (Phi) is 5.22. The topological polar surface area (TPSA) is 70.8 Å². The van der Waals surface area contributed by atoms with Crippen LogP contribution in [0.25, 0.3) is 22.6 Å². The molecule has 1 aromatic heterocycles. The zero-order chi connectivity index (χ0) is 18.5. The van der Waals surface area contributed by atoms with Crippen LogP contribution in [0.3, 0.4) is 0 Å². The molecule has 26 heavy (non-hydrogen) atoms. The van der Waals surface area contributed by atoms with Crippen LogP contribution in [0.1, 0.15) is 17.6 Å². The van der Waals surface area contributed by atoms with Gasteiger partial charge in [-0.15, -0.1) is 0 Å². The molecule has 6 nitrogen and oxygen atoms in total. The van der Waals surface area contributed by atoms with Crippen LogP contribution < -0.4 is 9.47 Å². The molecule has 0 unspecified atom stereocenters. The number of rotatable bonds is 6. The van der Waals surface area contributed by atoms with E-state index in [4.69, 9.17) is 18.6 Å². The molecule has 0 aliphatic heterocycles. The van der Waals surface area contributed by atoms with Crippen LogP contribution in [0.5, 0.6) is 11.5 Å². The highest BCUT2D eigenvalue weighted by Crippen LogP contribution is 2.34. The summed E-state index contributed by atoms with van der Waals surface area (Å²) in [5.74, 6) is 1.27. The fraction of sp³-hybridized carbons (Fsp3) is 0.200. The Labute approximate surface area is 151 Å². The van der Waals surface area contributed by atoms with Crippen molar-refractivity contribution in [1.29, 1.82) is 0 Å². The minimum Gasteiger partial charge on any atom is -0.497 e. The van der Waals surface area contributed by atoms with Crippen LogP contribution in [-0.4, -0.2) is 31.8 Å². The summed E-state index contributed by atoms with van der Waals surface area (Å²) >= 11 is 0. The normalized spacial score (nSPS) is 10.4. The predicted octanol–water partition coefficient (Wildman–Crippen LogP) is 4.20. The van der Waals surface area contributed by atoms with Gasteiger partial charge in [-0.05, 0) is 55.5 Å². The van der Waals surface area contributed by atoms with Crippen molar-refractivity contribution in [2.24, 2.45) is 0 Å². The molecule has 2 aromatic carbocycles. The van der Waals surface area contributed by atoms with E-state index in [0.29, 0.717) is 11.5 Å². The first-order valence-electron chi connectivity index (χ1n) is 8.13. The standard InChI is InChI=1S/C20H19NO5/c1-4-25-20(22)19-21-17(13-5-9-15(23-2)10-6-13)18(26-19)14-7-11-16(24-3)12-8-14/h5-12H,4H2,1-3H3. The monoisotopic (exact) mass is 353 g/mol. The number of ether oxygens (including phenoxy) is 3. The summed E-state index contributed by atoms with van der Waals surface area (Å²) in [6.07, 6.45) is 0. The van der Waals surface area contributed by atoms with Crippen LogP contribution >= 0.6 is 0 Å². The second-order valence-corrected chi connectivity index (χ2v) is 5.37. The maximum Gasteiger partial charge on any atom is 0.394 e. The van der Waals surface area contributed by atoms with Gasteiger partial charge < -0.3 is 18.6 Å². The summed E-state index contributed by atoms with van der Waals surface area (Å²) in [7, 11) is 3.21. The summed E-state index contributed by atoms with van der Waals surface area (Å²) in [5.41, 5.74) is 2.14. The SMILES string of the molecule is CCOC(=O)c1nc(-c2ccc(OC)cc2)c(-c2ccc(OC)cc2)o1. The third-order valence-corrected chi connectivity index (χ3v) is 3.79. The van der Waals surface area contributed by atoms with Crippen molar-refractivity contribution >= 4 is 5.97 Å². The van der Waals surface area contributed by atoms with Gasteiger partial charge in [0.1, 0.15) is 17.2 Å². The van der Waals surface area contributed by atoms with Crippen molar-refractivity contribution in [2.45, 2.75) is 6.92 Å². The van der Waals surface area contributed by atoms with Crippen molar-refractivity contribution in [3.63, 3.8) is 0 Å². The molecule has 0 radical (unpaired) electrons. The highest BCUT2D eigenvalue weighted by Gasteiger charge is 2.22. The smallest absolute Gasteiger partial charge is 0.394 e. The van der Waals surface area contributed by atoms with E-state index in [1.165, 1.54) is 0 Å². The van der Waals surface area contributed by atoms with E-state index in [1.54, 1.807) is 21.1 Å². The predicted molar refractivity (Wildman–Crippen MR) is 96.4 cm³/mol. The lowest BCUT2D eigenvalue weighted by molar-refractivity contribution is 0.0482. The quantitative estimate of drug-likeness (QED) is 0.619. The summed E-state index contributed by atoms with van der Waals surface area (Å²) in [6.45, 7) is 1.98. The van der Waals surface area contributed by atoms with Gasteiger partial charge in [-0.3, -0.25) is 0 Å². The molecule has 0 bridgehead atoms. The molecule has 0 spiro atoms. The Balaban J connectivity index is 2.08. The van der Waals surface area contributed by atoms with Crippen molar-refractivity contribution in [3.8, 4) is 34.1 Å². The molecular formula is C20H19NO5. The molecule has 6 heteroatoms. The van der Waals surface area contributed by atoms with E-state index < -0.39 is 5.97 Å². The second-order valence-electron chi connectivity index (χ2n) is 5.37. The first-order chi connectivity index (χ1) is 12.7. The molecular weight excluding hydrogens is 334 g/mol. The number of carbonyl (C=O) groups excluding carboxylic acids is 1. The molecule has 0 aliphatic carbocycles. The van der Waals surface area contributed by atoms with E-state index in [2.05, 4.69) is 4.98 Å². The first-order valence-corrected chi connectivity index (χ1v) is 8.13. The van der Waals surface area contributed by atoms with Gasteiger partial charge in [0.2, 0.25) is 0 Å². The van der Waals surface area contributed by atoms with Crippen molar-refractivity contribution in [1.82, 2.24) is 4.98 Å². The largest absolute Gasteiger partial charge is 0.497 e. The molecule has 3 rings (SSSR count). The maximum absolute atomic E-state index is 12.1. The second kappa shape index (κ2) is 7.74. The van der Waals surface area contributed by atoms with Gasteiger partial charge in [0.25, 0.3) is 0 Å². The van der Waals surface area contributed by atoms with Gasteiger partial charge in [-0.2, -0.15) is 0 Å². The zero-order valence-electron chi connectivity index (χ0n) is 14.8. The average molecular weight is 353 g/mol. The number of esters is 1. The van der Waals surface area contributed by atoms with Gasteiger partial charge in [0, 0.05) is 11.1 Å². The Hall–Kier alpha value is -3.28.